The van der Waals surface area contributed by atoms with Gasteiger partial charge in [0.05, 0.1) is 18.5 Å². The van der Waals surface area contributed by atoms with Gasteiger partial charge in [-0.15, -0.1) is 0 Å². The van der Waals surface area contributed by atoms with Crippen LogP contribution in [-0.2, 0) is 4.74 Å². The summed E-state index contributed by atoms with van der Waals surface area (Å²) in [6, 6.07) is 17.0. The molecule has 1 aromatic heterocycles. The van der Waals surface area contributed by atoms with Gasteiger partial charge in [-0.25, -0.2) is 4.79 Å². The van der Waals surface area contributed by atoms with Crippen molar-refractivity contribution in [2.75, 3.05) is 12.4 Å². The number of benzene rings is 2. The van der Waals surface area contributed by atoms with Crippen molar-refractivity contribution < 1.29 is 19.4 Å². The fourth-order valence-electron chi connectivity index (χ4n) is 2.44. The second kappa shape index (κ2) is 7.48. The molecule has 0 atom stereocenters. The molecule has 6 nitrogen and oxygen atoms in total. The van der Waals surface area contributed by atoms with E-state index < -0.39 is 11.9 Å². The van der Waals surface area contributed by atoms with Crippen molar-refractivity contribution in [3.63, 3.8) is 0 Å². The van der Waals surface area contributed by atoms with E-state index in [0.29, 0.717) is 5.56 Å². The van der Waals surface area contributed by atoms with Gasteiger partial charge in [-0.05, 0) is 36.4 Å². The van der Waals surface area contributed by atoms with Gasteiger partial charge in [-0.3, -0.25) is 9.78 Å². The maximum absolute atomic E-state index is 12.4. The highest BCUT2D eigenvalue weighted by atomic mass is 16.5. The number of hydrogen-bond acceptors (Lipinski definition) is 5. The number of ether oxygens (including phenoxy) is 1. The zero-order valence-corrected chi connectivity index (χ0v) is 14.0. The number of carbonyl (C=O) groups excluding carboxylic acids is 2. The van der Waals surface area contributed by atoms with E-state index in [-0.39, 0.29) is 17.0 Å². The number of nitrogens with zero attached hydrogens (tertiary/aromatic N) is 1. The number of anilines is 1. The largest absolute Gasteiger partial charge is 0.505 e. The lowest BCUT2D eigenvalue weighted by molar-refractivity contribution is 0.0597. The molecule has 0 unspecified atom stereocenters. The number of carbonyl (C=O) groups is 2. The van der Waals surface area contributed by atoms with Gasteiger partial charge in [0.15, 0.2) is 5.75 Å². The standard InChI is InChI=1S/C20H16N2O4/c1-26-20(25)15-5-4-7-17(18(15)23)22-19(24)14-10-8-13(9-11-14)16-6-2-3-12-21-16/h2-12,23H,1H3,(H,22,24). The van der Waals surface area contributed by atoms with Gasteiger partial charge < -0.3 is 15.2 Å². The molecule has 0 saturated heterocycles. The molecule has 26 heavy (non-hydrogen) atoms. The minimum Gasteiger partial charge on any atom is -0.505 e. The lowest BCUT2D eigenvalue weighted by Gasteiger charge is -2.10. The zero-order valence-electron chi connectivity index (χ0n) is 14.0. The van der Waals surface area contributed by atoms with Crippen LogP contribution >= 0.6 is 0 Å². The molecule has 0 spiro atoms. The van der Waals surface area contributed by atoms with Gasteiger partial charge in [0, 0.05) is 17.3 Å². The molecular formula is C20H16N2O4. The molecule has 0 fully saturated rings. The molecule has 0 aliphatic heterocycles. The van der Waals surface area contributed by atoms with Crippen LogP contribution in [0.1, 0.15) is 20.7 Å². The molecule has 0 aliphatic carbocycles. The Balaban J connectivity index is 1.80. The Morgan fingerprint density at radius 3 is 2.42 bits per heavy atom. The predicted octanol–water partition coefficient (Wildman–Crippen LogP) is 3.49. The molecule has 2 aromatic carbocycles. The molecule has 1 heterocycles. The van der Waals surface area contributed by atoms with Gasteiger partial charge in [0.1, 0.15) is 5.56 Å². The van der Waals surface area contributed by atoms with Crippen LogP contribution in [0.2, 0.25) is 0 Å². The maximum atomic E-state index is 12.4. The van der Waals surface area contributed by atoms with Crippen LogP contribution in [0.4, 0.5) is 5.69 Å². The van der Waals surface area contributed by atoms with Crippen molar-refractivity contribution >= 4 is 17.6 Å². The van der Waals surface area contributed by atoms with E-state index in [2.05, 4.69) is 15.0 Å². The summed E-state index contributed by atoms with van der Waals surface area (Å²) in [5.74, 6) is -1.42. The van der Waals surface area contributed by atoms with E-state index in [1.165, 1.54) is 19.2 Å². The molecule has 0 saturated carbocycles. The highest BCUT2D eigenvalue weighted by Gasteiger charge is 2.16. The van der Waals surface area contributed by atoms with Gasteiger partial charge in [-0.1, -0.05) is 24.3 Å². The normalized spacial score (nSPS) is 10.2. The molecule has 0 bridgehead atoms. The predicted molar refractivity (Wildman–Crippen MR) is 97.1 cm³/mol. The summed E-state index contributed by atoms with van der Waals surface area (Å²) in [6.07, 6.45) is 1.70. The van der Waals surface area contributed by atoms with Crippen LogP contribution in [0.3, 0.4) is 0 Å². The van der Waals surface area contributed by atoms with Crippen LogP contribution in [0.25, 0.3) is 11.3 Å². The minimum atomic E-state index is -0.682. The Bertz CT molecular complexity index is 938. The van der Waals surface area contributed by atoms with E-state index in [1.807, 2.05) is 18.2 Å². The quantitative estimate of drug-likeness (QED) is 0.556. The lowest BCUT2D eigenvalue weighted by atomic mass is 10.1. The number of methoxy groups -OCH3 is 1. The zero-order chi connectivity index (χ0) is 18.5. The number of amides is 1. The number of aromatic hydroxyl groups is 1. The Morgan fingerprint density at radius 2 is 1.77 bits per heavy atom. The Morgan fingerprint density at radius 1 is 1.00 bits per heavy atom. The number of phenolic OH excluding ortho intramolecular Hbond substituents is 1. The summed E-state index contributed by atoms with van der Waals surface area (Å²) >= 11 is 0. The average molecular weight is 348 g/mol. The SMILES string of the molecule is COC(=O)c1cccc(NC(=O)c2ccc(-c3ccccn3)cc2)c1O. The van der Waals surface area contributed by atoms with E-state index in [1.54, 1.807) is 36.5 Å². The summed E-state index contributed by atoms with van der Waals surface area (Å²) in [7, 11) is 1.22. The third-order valence-electron chi connectivity index (χ3n) is 3.80. The second-order valence-corrected chi connectivity index (χ2v) is 5.44. The van der Waals surface area contributed by atoms with Crippen LogP contribution in [0, 0.1) is 0 Å². The first-order valence-corrected chi connectivity index (χ1v) is 7.83. The van der Waals surface area contributed by atoms with Gasteiger partial charge in [-0.2, -0.15) is 0 Å². The maximum Gasteiger partial charge on any atom is 0.341 e. The molecule has 3 aromatic rings. The van der Waals surface area contributed by atoms with E-state index in [9.17, 15) is 14.7 Å². The topological polar surface area (TPSA) is 88.5 Å². The Labute approximate surface area is 150 Å². The number of rotatable bonds is 4. The molecule has 2 N–H and O–H groups in total. The number of phenols is 1. The monoisotopic (exact) mass is 348 g/mol. The number of hydrogen-bond donors (Lipinski definition) is 2. The second-order valence-electron chi connectivity index (χ2n) is 5.44. The van der Waals surface area contributed by atoms with Gasteiger partial charge in [0.25, 0.3) is 5.91 Å². The number of nitrogens with one attached hydrogen (secondary N) is 1. The molecule has 6 heteroatoms. The van der Waals surface area contributed by atoms with Crippen LogP contribution in [-0.4, -0.2) is 29.1 Å². The molecule has 0 radical (unpaired) electrons. The summed E-state index contributed by atoms with van der Waals surface area (Å²) in [4.78, 5) is 28.3. The number of pyridine rings is 1. The first-order valence-electron chi connectivity index (χ1n) is 7.83. The Hall–Kier alpha value is -3.67. The van der Waals surface area contributed by atoms with Crippen molar-refractivity contribution in [1.82, 2.24) is 4.98 Å². The number of para-hydroxylation sites is 1. The summed E-state index contributed by atoms with van der Waals surface area (Å²) < 4.78 is 4.60. The molecule has 1 amide bonds. The smallest absolute Gasteiger partial charge is 0.341 e. The van der Waals surface area contributed by atoms with Crippen molar-refractivity contribution in [3.05, 3.63) is 78.0 Å². The first-order chi connectivity index (χ1) is 12.6. The molecule has 0 aliphatic rings. The van der Waals surface area contributed by atoms with Crippen LogP contribution < -0.4 is 5.32 Å². The Kier molecular flexibility index (Phi) is 4.94. The summed E-state index contributed by atoms with van der Waals surface area (Å²) in [6.45, 7) is 0. The number of aromatic nitrogens is 1. The van der Waals surface area contributed by atoms with E-state index in [4.69, 9.17) is 0 Å². The average Bonchev–Trinajstić information content (AvgIpc) is 2.69. The minimum absolute atomic E-state index is 0.0178. The molecule has 130 valence electrons. The summed E-state index contributed by atoms with van der Waals surface area (Å²) in [5, 5.41) is 12.7. The van der Waals surface area contributed by atoms with Crippen LogP contribution in [0.5, 0.6) is 5.75 Å². The van der Waals surface area contributed by atoms with Crippen molar-refractivity contribution in [2.45, 2.75) is 0 Å². The van der Waals surface area contributed by atoms with Crippen molar-refractivity contribution in [3.8, 4) is 17.0 Å². The van der Waals surface area contributed by atoms with Crippen molar-refractivity contribution in [1.29, 1.82) is 0 Å². The van der Waals surface area contributed by atoms with Crippen molar-refractivity contribution in [2.24, 2.45) is 0 Å². The highest BCUT2D eigenvalue weighted by Crippen LogP contribution is 2.28. The van der Waals surface area contributed by atoms with Gasteiger partial charge >= 0.3 is 5.97 Å². The molecular weight excluding hydrogens is 332 g/mol. The third kappa shape index (κ3) is 3.54. The van der Waals surface area contributed by atoms with Crippen LogP contribution in [0.15, 0.2) is 66.9 Å². The number of esters is 1. The van der Waals surface area contributed by atoms with Gasteiger partial charge in [0.2, 0.25) is 0 Å². The fourth-order valence-corrected chi connectivity index (χ4v) is 2.44. The molecule has 3 rings (SSSR count). The fraction of sp³-hybridized carbons (Fsp3) is 0.0500. The lowest BCUT2D eigenvalue weighted by Crippen LogP contribution is -2.13. The highest BCUT2D eigenvalue weighted by molar-refractivity contribution is 6.06. The third-order valence-corrected chi connectivity index (χ3v) is 3.80. The van der Waals surface area contributed by atoms with E-state index in [0.717, 1.165) is 11.3 Å². The first kappa shape index (κ1) is 17.2. The van der Waals surface area contributed by atoms with E-state index >= 15 is 0 Å². The summed E-state index contributed by atoms with van der Waals surface area (Å²) in [5.41, 5.74) is 2.22.